The molecule has 1 saturated carbocycles. The molecule has 0 aromatic carbocycles. The largest absolute Gasteiger partial charge is 0.457 e. The normalized spacial score (nSPS) is 30.5. The van der Waals surface area contributed by atoms with Gasteiger partial charge < -0.3 is 33.8 Å². The number of cyclic esters (lactones) is 2. The predicted molar refractivity (Wildman–Crippen MR) is 207 cm³/mol. The molecule has 2 fully saturated rings. The molecule has 11 heteroatoms. The van der Waals surface area contributed by atoms with Crippen LogP contribution in [-0.4, -0.2) is 68.6 Å². The van der Waals surface area contributed by atoms with E-state index in [0.29, 0.717) is 24.7 Å². The van der Waals surface area contributed by atoms with E-state index in [2.05, 4.69) is 27.4 Å². The average molecular weight is 740 g/mol. The minimum atomic E-state index is -0.848. The van der Waals surface area contributed by atoms with Gasteiger partial charge in [-0.3, -0.25) is 0 Å². The molecule has 1 aliphatic carbocycles. The van der Waals surface area contributed by atoms with Crippen LogP contribution in [0.5, 0.6) is 0 Å². The monoisotopic (exact) mass is 739 g/mol. The van der Waals surface area contributed by atoms with Gasteiger partial charge in [-0.2, -0.15) is 0 Å². The molecule has 11 nitrogen and oxygen atoms in total. The van der Waals surface area contributed by atoms with Gasteiger partial charge in [-0.25, -0.2) is 19.6 Å². The molecule has 5 rings (SSSR count). The van der Waals surface area contributed by atoms with Crippen LogP contribution in [0.25, 0.3) is 12.2 Å². The summed E-state index contributed by atoms with van der Waals surface area (Å²) in [6.45, 7) is 11.1. The van der Waals surface area contributed by atoms with Crippen LogP contribution >= 0.6 is 0 Å². The third kappa shape index (κ3) is 10.6. The third-order valence-electron chi connectivity index (χ3n) is 10.3. The Morgan fingerprint density at radius 2 is 1.17 bits per heavy atom. The van der Waals surface area contributed by atoms with Crippen LogP contribution in [0.3, 0.4) is 0 Å². The first-order valence-corrected chi connectivity index (χ1v) is 18.6. The lowest BCUT2D eigenvalue weighted by atomic mass is 9.79. The van der Waals surface area contributed by atoms with E-state index in [1.165, 1.54) is 12.5 Å². The average Bonchev–Trinajstić information content (AvgIpc) is 3.93. The lowest BCUT2D eigenvalue weighted by Crippen LogP contribution is -2.42. The Hall–Kier alpha value is -4.84. The van der Waals surface area contributed by atoms with Crippen LogP contribution in [0, 0.1) is 22.7 Å². The van der Waals surface area contributed by atoms with Gasteiger partial charge in [-0.1, -0.05) is 113 Å². The van der Waals surface area contributed by atoms with Crippen molar-refractivity contribution >= 4 is 24.1 Å². The fraction of sp³-hybridized carbons (Fsp3) is 0.442. The van der Waals surface area contributed by atoms with E-state index in [0.717, 1.165) is 6.42 Å². The summed E-state index contributed by atoms with van der Waals surface area (Å²) in [5, 5.41) is 25.2. The number of rotatable bonds is 6. The third-order valence-corrected chi connectivity index (χ3v) is 10.3. The quantitative estimate of drug-likeness (QED) is 0.154. The maximum atomic E-state index is 13.2. The summed E-state index contributed by atoms with van der Waals surface area (Å²) >= 11 is 0. The van der Waals surface area contributed by atoms with E-state index >= 15 is 0 Å². The Bertz CT molecular complexity index is 1700. The molecule has 288 valence electrons. The number of esters is 2. The van der Waals surface area contributed by atoms with E-state index in [9.17, 15) is 19.8 Å². The van der Waals surface area contributed by atoms with Crippen molar-refractivity contribution in [3.05, 3.63) is 121 Å². The van der Waals surface area contributed by atoms with Crippen molar-refractivity contribution in [1.82, 2.24) is 15.3 Å². The van der Waals surface area contributed by atoms with Crippen molar-refractivity contribution in [2.45, 2.75) is 97.3 Å². The Kier molecular flexibility index (Phi) is 13.4. The van der Waals surface area contributed by atoms with Crippen LogP contribution in [0.15, 0.2) is 106 Å². The van der Waals surface area contributed by atoms with Gasteiger partial charge in [0.1, 0.15) is 24.7 Å². The fourth-order valence-corrected chi connectivity index (χ4v) is 6.13. The molecule has 2 aliphatic heterocycles. The number of oxazole rings is 2. The van der Waals surface area contributed by atoms with Crippen LogP contribution in [0.2, 0.25) is 0 Å². The minimum Gasteiger partial charge on any atom is -0.457 e. The number of carbonyl (C=O) groups excluding carboxylic acids is 2. The molecule has 2 aromatic heterocycles. The fourth-order valence-electron chi connectivity index (χ4n) is 6.13. The van der Waals surface area contributed by atoms with Gasteiger partial charge in [-0.15, -0.1) is 0 Å². The number of fused-ring (bicyclic) bond motifs is 6. The van der Waals surface area contributed by atoms with Crippen LogP contribution in [0.4, 0.5) is 0 Å². The minimum absolute atomic E-state index is 0.0458. The van der Waals surface area contributed by atoms with Crippen molar-refractivity contribution in [3.8, 4) is 0 Å². The number of carbonyl (C=O) groups is 2. The number of nitrogens with one attached hydrogen (secondary N) is 1. The standard InChI is InChI=1S/C43H53N3O8/c1-7-15-34(47)42(3,4)36-21-13-18-29-25-28(29)17-9-11-23-38-45-33(26-51-38)41(50)54-37(43(5,6)35(48)16-8-2)22-14-20-31-30(44-31)19-10-12-24-39-46-32(27-52-39)40(49)53-36/h7-20,23-24,26-31,34-37,44,47-48H,21-22,25H2,1-6H3/b15-7+,16-8+,17-9+,18-13-,19-10+,20-14-,23-11-,24-12-/t28-,29+,30+,31-,34+,35+,36+,37+/m1/s1. The van der Waals surface area contributed by atoms with Crippen LogP contribution < -0.4 is 5.32 Å². The summed E-state index contributed by atoms with van der Waals surface area (Å²) in [6.07, 6.45) is 31.1. The van der Waals surface area contributed by atoms with E-state index in [4.69, 9.17) is 18.3 Å². The topological polar surface area (TPSA) is 167 Å². The van der Waals surface area contributed by atoms with Gasteiger partial charge in [0, 0.05) is 47.9 Å². The second-order valence-corrected chi connectivity index (χ2v) is 15.1. The molecule has 0 spiro atoms. The van der Waals surface area contributed by atoms with Crippen molar-refractivity contribution in [1.29, 1.82) is 0 Å². The summed E-state index contributed by atoms with van der Waals surface area (Å²) in [4.78, 5) is 35.1. The Morgan fingerprint density at radius 1 is 0.704 bits per heavy atom. The number of allylic oxidation sites excluding steroid dienone is 8. The molecule has 3 N–H and O–H groups in total. The number of aliphatic hydroxyl groups excluding tert-OH is 2. The van der Waals surface area contributed by atoms with E-state index in [1.807, 2.05) is 84.1 Å². The second-order valence-electron chi connectivity index (χ2n) is 15.1. The lowest BCUT2D eigenvalue weighted by Gasteiger charge is -2.36. The van der Waals surface area contributed by atoms with Crippen molar-refractivity contribution < 1.29 is 38.1 Å². The predicted octanol–water partition coefficient (Wildman–Crippen LogP) is 7.36. The smallest absolute Gasteiger partial charge is 0.360 e. The van der Waals surface area contributed by atoms with Crippen molar-refractivity contribution in [2.75, 3.05) is 0 Å². The van der Waals surface area contributed by atoms with E-state index in [1.54, 1.807) is 42.5 Å². The summed E-state index contributed by atoms with van der Waals surface area (Å²) in [6, 6.07) is 0.180. The maximum absolute atomic E-state index is 13.2. The molecule has 54 heavy (non-hydrogen) atoms. The number of ether oxygens (including phenoxy) is 2. The molecule has 2 aromatic rings. The van der Waals surface area contributed by atoms with Crippen molar-refractivity contribution in [2.24, 2.45) is 22.7 Å². The first-order valence-electron chi connectivity index (χ1n) is 18.6. The molecule has 0 unspecified atom stereocenters. The van der Waals surface area contributed by atoms with Crippen LogP contribution in [-0.2, 0) is 9.47 Å². The van der Waals surface area contributed by atoms with Gasteiger partial charge in [0.2, 0.25) is 11.8 Å². The Morgan fingerprint density at radius 3 is 1.69 bits per heavy atom. The molecule has 1 saturated heterocycles. The molecule has 8 atom stereocenters. The Labute approximate surface area is 317 Å². The highest BCUT2D eigenvalue weighted by Gasteiger charge is 2.40. The highest BCUT2D eigenvalue weighted by Crippen LogP contribution is 2.41. The van der Waals surface area contributed by atoms with E-state index < -0.39 is 47.2 Å². The SMILES string of the molecule is C/C=C/[C@H](O)C(C)(C)[C@@H]1C/C=C\[C@H]2N[C@H]2/C=C/C=C\c2nc(co2)C(=O)O[C@H](C(C)(C)[C@@H](O)/C=C/C)C/C=C\[C@H]2C[C@H]2/C=C/C=C\c2nc(co2)C(=O)O1. The number of hydrogen-bond donors (Lipinski definition) is 3. The molecule has 0 radical (unpaired) electrons. The van der Waals surface area contributed by atoms with Gasteiger partial charge >= 0.3 is 11.9 Å². The molecular formula is C43H53N3O8. The molecule has 0 amide bonds. The van der Waals surface area contributed by atoms with E-state index in [-0.39, 0.29) is 35.3 Å². The summed E-state index contributed by atoms with van der Waals surface area (Å²) in [7, 11) is 0. The zero-order valence-corrected chi connectivity index (χ0v) is 31.9. The van der Waals surface area contributed by atoms with Gasteiger partial charge in [0.25, 0.3) is 0 Å². The molecular weight excluding hydrogens is 686 g/mol. The Balaban J connectivity index is 1.35. The highest BCUT2D eigenvalue weighted by molar-refractivity contribution is 5.87. The molecule has 4 heterocycles. The lowest BCUT2D eigenvalue weighted by molar-refractivity contribution is -0.0461. The summed E-state index contributed by atoms with van der Waals surface area (Å²) in [5.74, 6) is -0.0666. The number of aromatic nitrogens is 2. The van der Waals surface area contributed by atoms with Crippen LogP contribution in [0.1, 0.15) is 93.6 Å². The second kappa shape index (κ2) is 18.0. The number of nitrogens with zero attached hydrogens (tertiary/aromatic N) is 2. The number of hydrogen-bond acceptors (Lipinski definition) is 11. The summed E-state index contributed by atoms with van der Waals surface area (Å²) in [5.41, 5.74) is -1.50. The zero-order chi connectivity index (χ0) is 38.9. The summed E-state index contributed by atoms with van der Waals surface area (Å²) < 4.78 is 23.0. The first kappa shape index (κ1) is 40.3. The van der Waals surface area contributed by atoms with Crippen molar-refractivity contribution in [3.63, 3.8) is 0 Å². The van der Waals surface area contributed by atoms with Gasteiger partial charge in [0.15, 0.2) is 11.4 Å². The highest BCUT2D eigenvalue weighted by atomic mass is 16.6. The molecule has 3 aliphatic rings. The number of aliphatic hydroxyl groups is 2. The maximum Gasteiger partial charge on any atom is 0.360 e. The molecule has 4 bridgehead atoms. The van der Waals surface area contributed by atoms with Gasteiger partial charge in [0.05, 0.1) is 12.2 Å². The van der Waals surface area contributed by atoms with Gasteiger partial charge in [-0.05, 0) is 32.1 Å². The first-order chi connectivity index (χ1) is 25.8. The zero-order valence-electron chi connectivity index (χ0n) is 31.9.